The number of aliphatic carboxylic acids is 1. The van der Waals surface area contributed by atoms with Crippen molar-refractivity contribution in [3.63, 3.8) is 0 Å². The smallest absolute Gasteiger partial charge is 0.328 e. The highest BCUT2D eigenvalue weighted by Gasteiger charge is 2.56. The number of hydrogen-bond donors (Lipinski definition) is 1. The van der Waals surface area contributed by atoms with Crippen LogP contribution in [0.1, 0.15) is 25.7 Å². The molecule has 0 aromatic rings. The van der Waals surface area contributed by atoms with E-state index < -0.39 is 12.0 Å². The quantitative estimate of drug-likeness (QED) is 0.788. The first-order valence-electron chi connectivity index (χ1n) is 6.81. The minimum atomic E-state index is -0.952. The van der Waals surface area contributed by atoms with Gasteiger partial charge in [-0.3, -0.25) is 4.79 Å². The number of amides is 1. The van der Waals surface area contributed by atoms with Gasteiger partial charge in [0.1, 0.15) is 0 Å². The molecule has 1 heterocycles. The van der Waals surface area contributed by atoms with Gasteiger partial charge in [-0.15, -0.1) is 0 Å². The number of ether oxygens (including phenoxy) is 1. The minimum Gasteiger partial charge on any atom is -0.480 e. The first-order chi connectivity index (χ1) is 8.70. The lowest BCUT2D eigenvalue weighted by Gasteiger charge is -2.33. The predicted octanol–water partition coefficient (Wildman–Crippen LogP) is 0.735. The van der Waals surface area contributed by atoms with E-state index in [9.17, 15) is 9.59 Å². The topological polar surface area (TPSA) is 66.8 Å². The normalized spacial score (nSPS) is 39.0. The summed E-state index contributed by atoms with van der Waals surface area (Å²) in [6.45, 7) is 1.01. The van der Waals surface area contributed by atoms with Crippen molar-refractivity contribution in [1.82, 2.24) is 4.90 Å². The molecule has 1 N–H and O–H groups in total. The predicted molar refractivity (Wildman–Crippen MR) is 62.9 cm³/mol. The Hall–Kier alpha value is -1.10. The molecule has 5 nitrogen and oxygen atoms in total. The van der Waals surface area contributed by atoms with Gasteiger partial charge in [0.25, 0.3) is 0 Å². The minimum absolute atomic E-state index is 0.0580. The van der Waals surface area contributed by atoms with E-state index in [0.717, 1.165) is 12.8 Å². The van der Waals surface area contributed by atoms with Gasteiger partial charge in [-0.05, 0) is 24.7 Å². The molecule has 3 unspecified atom stereocenters. The second kappa shape index (κ2) is 4.53. The van der Waals surface area contributed by atoms with Crippen LogP contribution in [-0.4, -0.2) is 47.7 Å². The van der Waals surface area contributed by atoms with Crippen LogP contribution in [0.3, 0.4) is 0 Å². The summed E-state index contributed by atoms with van der Waals surface area (Å²) in [5, 5.41) is 9.14. The molecular weight excluding hydrogens is 234 g/mol. The third-order valence-electron chi connectivity index (χ3n) is 4.64. The van der Waals surface area contributed by atoms with E-state index in [0.29, 0.717) is 25.0 Å². The second-order valence-electron chi connectivity index (χ2n) is 5.60. The van der Waals surface area contributed by atoms with Gasteiger partial charge < -0.3 is 14.7 Å². The van der Waals surface area contributed by atoms with E-state index in [1.807, 2.05) is 0 Å². The highest BCUT2D eigenvalue weighted by molar-refractivity contribution is 5.87. The maximum Gasteiger partial charge on any atom is 0.328 e. The van der Waals surface area contributed by atoms with E-state index in [1.165, 1.54) is 17.7 Å². The SMILES string of the molecule is O=C(O)C1COCCN1C(=O)C1C2CCCCC21. The number of rotatable bonds is 2. The van der Waals surface area contributed by atoms with Gasteiger partial charge in [0.05, 0.1) is 13.2 Å². The number of nitrogens with zero attached hydrogens (tertiary/aromatic N) is 1. The molecule has 3 atom stereocenters. The zero-order valence-corrected chi connectivity index (χ0v) is 10.4. The number of morpholine rings is 1. The summed E-state index contributed by atoms with van der Waals surface area (Å²) >= 11 is 0. The Labute approximate surface area is 106 Å². The van der Waals surface area contributed by atoms with Crippen molar-refractivity contribution in [1.29, 1.82) is 0 Å². The molecule has 2 aliphatic carbocycles. The molecule has 0 spiro atoms. The average Bonchev–Trinajstić information content (AvgIpc) is 3.12. The number of carbonyl (C=O) groups is 2. The van der Waals surface area contributed by atoms with Crippen LogP contribution in [0.25, 0.3) is 0 Å². The Morgan fingerprint density at radius 2 is 1.83 bits per heavy atom. The molecule has 2 saturated carbocycles. The van der Waals surface area contributed by atoms with Crippen molar-refractivity contribution in [2.24, 2.45) is 17.8 Å². The molecule has 0 aromatic heterocycles. The number of carboxylic acid groups (broad SMARTS) is 1. The molecule has 0 radical (unpaired) electrons. The average molecular weight is 253 g/mol. The molecule has 1 aliphatic heterocycles. The summed E-state index contributed by atoms with van der Waals surface area (Å²) in [6, 6.07) is -0.783. The van der Waals surface area contributed by atoms with Crippen LogP contribution in [0.2, 0.25) is 0 Å². The fourth-order valence-electron chi connectivity index (χ4n) is 3.62. The van der Waals surface area contributed by atoms with Crippen LogP contribution >= 0.6 is 0 Å². The molecule has 3 aliphatic rings. The molecule has 5 heteroatoms. The summed E-state index contributed by atoms with van der Waals surface area (Å²) in [7, 11) is 0. The molecule has 3 rings (SSSR count). The molecule has 0 aromatic carbocycles. The van der Waals surface area contributed by atoms with E-state index in [2.05, 4.69) is 0 Å². The van der Waals surface area contributed by atoms with Crippen LogP contribution in [0, 0.1) is 17.8 Å². The van der Waals surface area contributed by atoms with E-state index >= 15 is 0 Å². The summed E-state index contributed by atoms with van der Waals surface area (Å²) in [5.41, 5.74) is 0. The summed E-state index contributed by atoms with van der Waals surface area (Å²) in [5.74, 6) is 0.272. The van der Waals surface area contributed by atoms with Crippen molar-refractivity contribution >= 4 is 11.9 Å². The Kier molecular flexibility index (Phi) is 3.01. The maximum absolute atomic E-state index is 12.4. The molecule has 1 saturated heterocycles. The number of hydrogen-bond acceptors (Lipinski definition) is 3. The Balaban J connectivity index is 1.69. The molecule has 100 valence electrons. The largest absolute Gasteiger partial charge is 0.480 e. The molecule has 18 heavy (non-hydrogen) atoms. The Morgan fingerprint density at radius 3 is 2.44 bits per heavy atom. The van der Waals surface area contributed by atoms with E-state index in [-0.39, 0.29) is 18.4 Å². The lowest BCUT2D eigenvalue weighted by Crippen LogP contribution is -2.53. The monoisotopic (exact) mass is 253 g/mol. The van der Waals surface area contributed by atoms with E-state index in [4.69, 9.17) is 9.84 Å². The molecular formula is C13H19NO4. The third-order valence-corrected chi connectivity index (χ3v) is 4.64. The lowest BCUT2D eigenvalue weighted by atomic mass is 10.0. The molecule has 3 fully saturated rings. The van der Waals surface area contributed by atoms with E-state index in [1.54, 1.807) is 0 Å². The van der Waals surface area contributed by atoms with Gasteiger partial charge in [-0.25, -0.2) is 4.79 Å². The second-order valence-corrected chi connectivity index (χ2v) is 5.60. The van der Waals surface area contributed by atoms with Crippen LogP contribution in [-0.2, 0) is 14.3 Å². The van der Waals surface area contributed by atoms with Gasteiger partial charge in [0.15, 0.2) is 6.04 Å². The maximum atomic E-state index is 12.4. The van der Waals surface area contributed by atoms with Crippen molar-refractivity contribution in [3.8, 4) is 0 Å². The molecule has 1 amide bonds. The standard InChI is InChI=1S/C13H19NO4/c15-12(11-8-3-1-2-4-9(8)11)14-5-6-18-7-10(14)13(16)17/h8-11H,1-7H2,(H,16,17). The Morgan fingerprint density at radius 1 is 1.17 bits per heavy atom. The van der Waals surface area contributed by atoms with Crippen LogP contribution < -0.4 is 0 Å². The highest BCUT2D eigenvalue weighted by atomic mass is 16.5. The summed E-state index contributed by atoms with van der Waals surface area (Å²) in [6.07, 6.45) is 4.72. The summed E-state index contributed by atoms with van der Waals surface area (Å²) in [4.78, 5) is 25.1. The fraction of sp³-hybridized carbons (Fsp3) is 0.846. The van der Waals surface area contributed by atoms with Crippen molar-refractivity contribution < 1.29 is 19.4 Å². The Bertz CT molecular complexity index is 358. The zero-order chi connectivity index (χ0) is 12.7. The zero-order valence-electron chi connectivity index (χ0n) is 10.4. The van der Waals surface area contributed by atoms with Crippen molar-refractivity contribution in [3.05, 3.63) is 0 Å². The van der Waals surface area contributed by atoms with Gasteiger partial charge >= 0.3 is 5.97 Å². The van der Waals surface area contributed by atoms with Gasteiger partial charge in [0, 0.05) is 12.5 Å². The summed E-state index contributed by atoms with van der Waals surface area (Å²) < 4.78 is 5.17. The van der Waals surface area contributed by atoms with Gasteiger partial charge in [-0.1, -0.05) is 12.8 Å². The third kappa shape index (κ3) is 1.90. The van der Waals surface area contributed by atoms with Crippen LogP contribution in [0.15, 0.2) is 0 Å². The van der Waals surface area contributed by atoms with Crippen molar-refractivity contribution in [2.75, 3.05) is 19.8 Å². The number of carbonyl (C=O) groups excluding carboxylic acids is 1. The highest BCUT2D eigenvalue weighted by Crippen LogP contribution is 2.56. The van der Waals surface area contributed by atoms with Crippen LogP contribution in [0.5, 0.6) is 0 Å². The van der Waals surface area contributed by atoms with Crippen LogP contribution in [0.4, 0.5) is 0 Å². The van der Waals surface area contributed by atoms with Gasteiger partial charge in [-0.2, -0.15) is 0 Å². The fourth-order valence-corrected chi connectivity index (χ4v) is 3.62. The lowest BCUT2D eigenvalue weighted by molar-refractivity contribution is -0.159. The first-order valence-corrected chi connectivity index (χ1v) is 6.81. The first kappa shape index (κ1) is 12.0. The number of carboxylic acids is 1. The number of fused-ring (bicyclic) bond motifs is 1. The van der Waals surface area contributed by atoms with Gasteiger partial charge in [0.2, 0.25) is 5.91 Å². The molecule has 0 bridgehead atoms. The van der Waals surface area contributed by atoms with Crippen molar-refractivity contribution in [2.45, 2.75) is 31.7 Å².